The van der Waals surface area contributed by atoms with Crippen molar-refractivity contribution in [3.63, 3.8) is 0 Å². The van der Waals surface area contributed by atoms with Crippen molar-refractivity contribution in [1.29, 1.82) is 0 Å². The van der Waals surface area contributed by atoms with E-state index in [-0.39, 0.29) is 10.8 Å². The molecule has 0 amide bonds. The molecule has 0 atom stereocenters. The molecule has 2 aromatic rings. The predicted molar refractivity (Wildman–Crippen MR) is 70.2 cm³/mol. The van der Waals surface area contributed by atoms with Crippen molar-refractivity contribution < 1.29 is 9.13 Å². The number of halogens is 2. The Morgan fingerprint density at radius 1 is 1.06 bits per heavy atom. The van der Waals surface area contributed by atoms with Gasteiger partial charge in [0.05, 0.1) is 5.02 Å². The van der Waals surface area contributed by atoms with Crippen molar-refractivity contribution in [3.8, 4) is 5.75 Å². The molecule has 0 saturated heterocycles. The summed E-state index contributed by atoms with van der Waals surface area (Å²) in [7, 11) is 0. The van der Waals surface area contributed by atoms with Gasteiger partial charge in [0.25, 0.3) is 0 Å². The fourth-order valence-electron chi connectivity index (χ4n) is 1.52. The van der Waals surface area contributed by atoms with Crippen molar-refractivity contribution in [2.75, 3.05) is 6.73 Å². The molecule has 0 spiro atoms. The lowest BCUT2D eigenvalue weighted by molar-refractivity contribution is 0.281. The van der Waals surface area contributed by atoms with Gasteiger partial charge in [0.1, 0.15) is 18.3 Å². The van der Waals surface area contributed by atoms with Gasteiger partial charge in [-0.3, -0.25) is 5.32 Å². The molecule has 2 nitrogen and oxygen atoms in total. The zero-order chi connectivity index (χ0) is 12.8. The van der Waals surface area contributed by atoms with Gasteiger partial charge < -0.3 is 4.74 Å². The molecule has 94 valence electrons. The van der Waals surface area contributed by atoms with Gasteiger partial charge in [-0.25, -0.2) is 4.39 Å². The lowest BCUT2D eigenvalue weighted by Gasteiger charge is -2.08. The smallest absolute Gasteiger partial charge is 0.146 e. The summed E-state index contributed by atoms with van der Waals surface area (Å²) in [6.07, 6.45) is 0. The molecule has 2 aromatic carbocycles. The van der Waals surface area contributed by atoms with E-state index in [1.54, 1.807) is 12.1 Å². The van der Waals surface area contributed by atoms with Gasteiger partial charge in [-0.1, -0.05) is 41.9 Å². The number of rotatable bonds is 5. The third kappa shape index (κ3) is 3.45. The van der Waals surface area contributed by atoms with Crippen LogP contribution in [0.2, 0.25) is 5.02 Å². The Hall–Kier alpha value is -1.58. The summed E-state index contributed by atoms with van der Waals surface area (Å²) in [6, 6.07) is 14.4. The maximum atomic E-state index is 13.5. The zero-order valence-electron chi connectivity index (χ0n) is 9.70. The van der Waals surface area contributed by atoms with Crippen LogP contribution in [0.4, 0.5) is 4.39 Å². The van der Waals surface area contributed by atoms with Gasteiger partial charge in [0.15, 0.2) is 0 Å². The Labute approximate surface area is 110 Å². The fraction of sp³-hybridized carbons (Fsp3) is 0.143. The molecule has 0 aromatic heterocycles. The minimum absolute atomic E-state index is 0.137. The highest BCUT2D eigenvalue weighted by atomic mass is 35.5. The number of ether oxygens (including phenoxy) is 1. The van der Waals surface area contributed by atoms with Crippen LogP contribution in [0.3, 0.4) is 0 Å². The first-order valence-electron chi connectivity index (χ1n) is 5.59. The summed E-state index contributed by atoms with van der Waals surface area (Å²) in [5, 5.41) is 3.13. The molecule has 0 aliphatic rings. The standard InChI is InChI=1S/C14H13ClFNO/c15-13-8-4-5-11(14(13)16)9-17-10-18-12-6-2-1-3-7-12/h1-8,17H,9-10H2. The maximum absolute atomic E-state index is 13.5. The van der Waals surface area contributed by atoms with E-state index in [1.165, 1.54) is 6.07 Å². The van der Waals surface area contributed by atoms with Crippen LogP contribution in [-0.4, -0.2) is 6.73 Å². The van der Waals surface area contributed by atoms with E-state index in [1.807, 2.05) is 30.3 Å². The Kier molecular flexibility index (Phi) is 4.56. The second-order valence-corrected chi connectivity index (χ2v) is 4.15. The summed E-state index contributed by atoms with van der Waals surface area (Å²) >= 11 is 5.69. The van der Waals surface area contributed by atoms with Crippen LogP contribution in [0.5, 0.6) is 5.75 Å². The van der Waals surface area contributed by atoms with E-state index >= 15 is 0 Å². The minimum Gasteiger partial charge on any atom is -0.478 e. The second-order valence-electron chi connectivity index (χ2n) is 3.74. The minimum atomic E-state index is -0.383. The van der Waals surface area contributed by atoms with Gasteiger partial charge in [-0.2, -0.15) is 0 Å². The van der Waals surface area contributed by atoms with Gasteiger partial charge in [0, 0.05) is 12.1 Å². The van der Waals surface area contributed by atoms with Crippen LogP contribution in [0.15, 0.2) is 48.5 Å². The fourth-order valence-corrected chi connectivity index (χ4v) is 1.72. The maximum Gasteiger partial charge on any atom is 0.146 e. The molecule has 2 rings (SSSR count). The molecule has 0 aliphatic heterocycles. The monoisotopic (exact) mass is 265 g/mol. The number of hydrogen-bond donors (Lipinski definition) is 1. The Morgan fingerprint density at radius 3 is 2.61 bits per heavy atom. The quantitative estimate of drug-likeness (QED) is 0.659. The zero-order valence-corrected chi connectivity index (χ0v) is 10.5. The van der Waals surface area contributed by atoms with Crippen molar-refractivity contribution in [2.24, 2.45) is 0 Å². The summed E-state index contributed by atoms with van der Waals surface area (Å²) in [4.78, 5) is 0. The van der Waals surface area contributed by atoms with E-state index in [9.17, 15) is 4.39 Å². The molecule has 1 N–H and O–H groups in total. The van der Waals surface area contributed by atoms with Gasteiger partial charge in [-0.05, 0) is 18.2 Å². The topological polar surface area (TPSA) is 21.3 Å². The molecule has 0 heterocycles. The molecular weight excluding hydrogens is 253 g/mol. The van der Waals surface area contributed by atoms with Crippen LogP contribution in [0.1, 0.15) is 5.56 Å². The van der Waals surface area contributed by atoms with Gasteiger partial charge in [-0.15, -0.1) is 0 Å². The summed E-state index contributed by atoms with van der Waals surface area (Å²) in [5.74, 6) is 0.392. The van der Waals surface area contributed by atoms with Crippen LogP contribution < -0.4 is 10.1 Å². The highest BCUT2D eigenvalue weighted by molar-refractivity contribution is 6.30. The number of nitrogens with one attached hydrogen (secondary N) is 1. The highest BCUT2D eigenvalue weighted by Crippen LogP contribution is 2.17. The average molecular weight is 266 g/mol. The van der Waals surface area contributed by atoms with Crippen LogP contribution in [0, 0.1) is 5.82 Å². The third-order valence-corrected chi connectivity index (χ3v) is 2.72. The predicted octanol–water partition coefficient (Wildman–Crippen LogP) is 3.61. The highest BCUT2D eigenvalue weighted by Gasteiger charge is 2.05. The van der Waals surface area contributed by atoms with E-state index < -0.39 is 0 Å². The molecule has 0 unspecified atom stereocenters. The third-order valence-electron chi connectivity index (χ3n) is 2.43. The lowest BCUT2D eigenvalue weighted by atomic mass is 10.2. The molecule has 18 heavy (non-hydrogen) atoms. The van der Waals surface area contributed by atoms with Crippen LogP contribution >= 0.6 is 11.6 Å². The van der Waals surface area contributed by atoms with Crippen molar-refractivity contribution >= 4 is 11.6 Å². The van der Waals surface area contributed by atoms with Crippen molar-refractivity contribution in [1.82, 2.24) is 5.32 Å². The summed E-state index contributed by atoms with van der Waals surface area (Å²) in [6.45, 7) is 0.690. The summed E-state index contributed by atoms with van der Waals surface area (Å²) in [5.41, 5.74) is 0.527. The first kappa shape index (κ1) is 12.9. The largest absolute Gasteiger partial charge is 0.478 e. The van der Waals surface area contributed by atoms with Crippen LogP contribution in [0.25, 0.3) is 0 Å². The molecular formula is C14H13ClFNO. The normalized spacial score (nSPS) is 10.3. The van der Waals surface area contributed by atoms with Crippen molar-refractivity contribution in [2.45, 2.75) is 6.54 Å². The summed E-state index contributed by atoms with van der Waals surface area (Å²) < 4.78 is 19.0. The van der Waals surface area contributed by atoms with E-state index in [4.69, 9.17) is 16.3 Å². The Balaban J connectivity index is 1.81. The Morgan fingerprint density at radius 2 is 1.83 bits per heavy atom. The lowest BCUT2D eigenvalue weighted by Crippen LogP contribution is -2.20. The SMILES string of the molecule is Fc1c(Cl)cccc1CNCOc1ccccc1. The van der Waals surface area contributed by atoms with E-state index in [0.29, 0.717) is 18.8 Å². The van der Waals surface area contributed by atoms with Crippen molar-refractivity contribution in [3.05, 3.63) is 64.9 Å². The Bertz CT molecular complexity index is 504. The molecule has 4 heteroatoms. The molecule has 0 fully saturated rings. The molecule has 0 bridgehead atoms. The van der Waals surface area contributed by atoms with Gasteiger partial charge >= 0.3 is 0 Å². The first-order chi connectivity index (χ1) is 8.77. The van der Waals surface area contributed by atoms with Gasteiger partial charge in [0.2, 0.25) is 0 Å². The average Bonchev–Trinajstić information content (AvgIpc) is 2.40. The number of benzene rings is 2. The molecule has 0 saturated carbocycles. The second kappa shape index (κ2) is 6.38. The molecule has 0 aliphatic carbocycles. The first-order valence-corrected chi connectivity index (χ1v) is 5.96. The van der Waals surface area contributed by atoms with Crippen LogP contribution in [-0.2, 0) is 6.54 Å². The van der Waals surface area contributed by atoms with E-state index in [0.717, 1.165) is 5.75 Å². The molecule has 0 radical (unpaired) electrons. The number of para-hydroxylation sites is 1. The van der Waals surface area contributed by atoms with E-state index in [2.05, 4.69) is 5.32 Å². The number of hydrogen-bond acceptors (Lipinski definition) is 2.